The molecule has 0 aliphatic rings. The maximum Gasteiger partial charge on any atom is 0.113 e. The first-order valence-electron chi connectivity index (χ1n) is 5.72. The third-order valence-electron chi connectivity index (χ3n) is 2.77. The zero-order valence-corrected chi connectivity index (χ0v) is 11.4. The molecule has 90 valence electrons. The first kappa shape index (κ1) is 12.3. The number of halogens is 1. The van der Waals surface area contributed by atoms with Crippen molar-refractivity contribution in [1.29, 1.82) is 0 Å². The first-order chi connectivity index (χ1) is 8.24. The predicted octanol–water partition coefficient (Wildman–Crippen LogP) is 2.83. The Labute approximate surface area is 110 Å². The molecule has 0 unspecified atom stereocenters. The van der Waals surface area contributed by atoms with Gasteiger partial charge in [-0.2, -0.15) is 5.10 Å². The maximum atomic E-state index is 5.53. The maximum absolute atomic E-state index is 5.53. The molecule has 2 rings (SSSR count). The quantitative estimate of drug-likeness (QED) is 0.942. The van der Waals surface area contributed by atoms with Crippen molar-refractivity contribution in [3.8, 4) is 5.69 Å². The van der Waals surface area contributed by atoms with Crippen LogP contribution >= 0.6 is 15.9 Å². The summed E-state index contributed by atoms with van der Waals surface area (Å²) in [6.07, 6.45) is 3.85. The zero-order chi connectivity index (χ0) is 12.3. The molecule has 2 N–H and O–H groups in total. The minimum atomic E-state index is 0.710. The van der Waals surface area contributed by atoms with Crippen LogP contribution in [0, 0.1) is 6.92 Å². The number of benzene rings is 1. The minimum Gasteiger partial charge on any atom is -0.330 e. The number of hydrogen-bond donors (Lipinski definition) is 1. The third-order valence-corrected chi connectivity index (χ3v) is 3.62. The lowest BCUT2D eigenvalue weighted by atomic mass is 10.2. The number of hydrogen-bond acceptors (Lipinski definition) is 2. The summed E-state index contributed by atoms with van der Waals surface area (Å²) >= 11 is 3.61. The van der Waals surface area contributed by atoms with Crippen molar-refractivity contribution in [2.24, 2.45) is 5.73 Å². The van der Waals surface area contributed by atoms with E-state index in [1.54, 1.807) is 0 Å². The highest BCUT2D eigenvalue weighted by atomic mass is 79.9. The molecule has 0 saturated heterocycles. The van der Waals surface area contributed by atoms with Crippen LogP contribution in [0.5, 0.6) is 0 Å². The SMILES string of the molecule is Cc1ccccc1-n1ncc(CCCN)c1Br. The van der Waals surface area contributed by atoms with Gasteiger partial charge in [-0.05, 0) is 53.9 Å². The van der Waals surface area contributed by atoms with Crippen molar-refractivity contribution >= 4 is 15.9 Å². The Hall–Kier alpha value is -1.13. The molecule has 4 heteroatoms. The van der Waals surface area contributed by atoms with Crippen molar-refractivity contribution < 1.29 is 0 Å². The van der Waals surface area contributed by atoms with Crippen LogP contribution in [0.4, 0.5) is 0 Å². The van der Waals surface area contributed by atoms with E-state index in [0.29, 0.717) is 6.54 Å². The number of rotatable bonds is 4. The van der Waals surface area contributed by atoms with Crippen molar-refractivity contribution in [2.75, 3.05) is 6.54 Å². The highest BCUT2D eigenvalue weighted by molar-refractivity contribution is 9.10. The molecule has 3 nitrogen and oxygen atoms in total. The number of para-hydroxylation sites is 1. The topological polar surface area (TPSA) is 43.8 Å². The van der Waals surface area contributed by atoms with E-state index in [-0.39, 0.29) is 0 Å². The smallest absolute Gasteiger partial charge is 0.113 e. The Morgan fingerprint density at radius 1 is 1.35 bits per heavy atom. The molecule has 1 heterocycles. The van der Waals surface area contributed by atoms with Gasteiger partial charge in [0, 0.05) is 5.56 Å². The molecule has 0 aliphatic heterocycles. The summed E-state index contributed by atoms with van der Waals surface area (Å²) in [7, 11) is 0. The molecular formula is C13H16BrN3. The van der Waals surface area contributed by atoms with Gasteiger partial charge in [-0.25, -0.2) is 4.68 Å². The van der Waals surface area contributed by atoms with Crippen LogP contribution in [0.1, 0.15) is 17.5 Å². The van der Waals surface area contributed by atoms with Crippen LogP contribution < -0.4 is 5.73 Å². The summed E-state index contributed by atoms with van der Waals surface area (Å²) in [6.45, 7) is 2.80. The second-order valence-corrected chi connectivity index (χ2v) is 4.80. The van der Waals surface area contributed by atoms with E-state index in [1.807, 2.05) is 23.0 Å². The summed E-state index contributed by atoms with van der Waals surface area (Å²) in [4.78, 5) is 0. The lowest BCUT2D eigenvalue weighted by Gasteiger charge is -2.07. The second kappa shape index (κ2) is 5.47. The molecule has 0 radical (unpaired) electrons. The van der Waals surface area contributed by atoms with Gasteiger partial charge < -0.3 is 5.73 Å². The van der Waals surface area contributed by atoms with Gasteiger partial charge in [-0.15, -0.1) is 0 Å². The molecule has 0 saturated carbocycles. The van der Waals surface area contributed by atoms with E-state index in [1.165, 1.54) is 11.1 Å². The van der Waals surface area contributed by atoms with Crippen LogP contribution in [0.25, 0.3) is 5.69 Å². The van der Waals surface area contributed by atoms with Gasteiger partial charge in [0.25, 0.3) is 0 Å². The fourth-order valence-corrected chi connectivity index (χ4v) is 2.38. The van der Waals surface area contributed by atoms with E-state index in [4.69, 9.17) is 5.73 Å². The van der Waals surface area contributed by atoms with Gasteiger partial charge in [0.05, 0.1) is 11.9 Å². The molecule has 0 atom stereocenters. The normalized spacial score (nSPS) is 10.8. The molecule has 2 aromatic rings. The van der Waals surface area contributed by atoms with E-state index in [2.05, 4.69) is 40.1 Å². The summed E-state index contributed by atoms with van der Waals surface area (Å²) < 4.78 is 2.96. The van der Waals surface area contributed by atoms with E-state index < -0.39 is 0 Å². The summed E-state index contributed by atoms with van der Waals surface area (Å²) in [5, 5.41) is 4.43. The third kappa shape index (κ3) is 2.58. The number of aryl methyl sites for hydroxylation is 2. The van der Waals surface area contributed by atoms with Crippen LogP contribution in [0.3, 0.4) is 0 Å². The number of aromatic nitrogens is 2. The van der Waals surface area contributed by atoms with Gasteiger partial charge in [0.15, 0.2) is 0 Å². The Kier molecular flexibility index (Phi) is 3.97. The van der Waals surface area contributed by atoms with Crippen LogP contribution in [0.2, 0.25) is 0 Å². The Balaban J connectivity index is 2.34. The molecule has 0 spiro atoms. The highest BCUT2D eigenvalue weighted by Crippen LogP contribution is 2.23. The fraction of sp³-hybridized carbons (Fsp3) is 0.308. The summed E-state index contributed by atoms with van der Waals surface area (Å²) in [5.74, 6) is 0. The number of nitrogens with two attached hydrogens (primary N) is 1. The second-order valence-electron chi connectivity index (χ2n) is 4.05. The van der Waals surface area contributed by atoms with Crippen molar-refractivity contribution in [3.63, 3.8) is 0 Å². The molecule has 1 aromatic carbocycles. The minimum absolute atomic E-state index is 0.710. The average molecular weight is 294 g/mol. The Morgan fingerprint density at radius 3 is 2.82 bits per heavy atom. The van der Waals surface area contributed by atoms with Crippen LogP contribution in [-0.4, -0.2) is 16.3 Å². The lowest BCUT2D eigenvalue weighted by Crippen LogP contribution is -2.01. The van der Waals surface area contributed by atoms with Gasteiger partial charge in [-0.3, -0.25) is 0 Å². The zero-order valence-electron chi connectivity index (χ0n) is 9.86. The lowest BCUT2D eigenvalue weighted by molar-refractivity contribution is 0.821. The highest BCUT2D eigenvalue weighted by Gasteiger charge is 2.10. The summed E-state index contributed by atoms with van der Waals surface area (Å²) in [5.41, 5.74) is 9.05. The molecule has 0 amide bonds. The molecule has 17 heavy (non-hydrogen) atoms. The number of nitrogens with zero attached hydrogens (tertiary/aromatic N) is 2. The van der Waals surface area contributed by atoms with E-state index in [9.17, 15) is 0 Å². The van der Waals surface area contributed by atoms with Gasteiger partial charge in [0.1, 0.15) is 4.60 Å². The molecular weight excluding hydrogens is 278 g/mol. The molecule has 0 bridgehead atoms. The standard InChI is InChI=1S/C13H16BrN3/c1-10-5-2-3-7-12(10)17-13(14)11(9-16-17)6-4-8-15/h2-3,5,7,9H,4,6,8,15H2,1H3. The van der Waals surface area contributed by atoms with Crippen molar-refractivity contribution in [2.45, 2.75) is 19.8 Å². The van der Waals surface area contributed by atoms with E-state index in [0.717, 1.165) is 23.1 Å². The fourth-order valence-electron chi connectivity index (χ4n) is 1.80. The van der Waals surface area contributed by atoms with E-state index >= 15 is 0 Å². The largest absolute Gasteiger partial charge is 0.330 e. The Bertz CT molecular complexity index is 505. The molecule has 0 fully saturated rings. The molecule has 0 aliphatic carbocycles. The predicted molar refractivity (Wildman–Crippen MR) is 73.4 cm³/mol. The average Bonchev–Trinajstić information content (AvgIpc) is 2.69. The van der Waals surface area contributed by atoms with Crippen LogP contribution in [-0.2, 0) is 6.42 Å². The van der Waals surface area contributed by atoms with Gasteiger partial charge >= 0.3 is 0 Å². The summed E-state index contributed by atoms with van der Waals surface area (Å²) in [6, 6.07) is 8.21. The Morgan fingerprint density at radius 2 is 2.12 bits per heavy atom. The molecule has 1 aromatic heterocycles. The van der Waals surface area contributed by atoms with Crippen molar-refractivity contribution in [1.82, 2.24) is 9.78 Å². The van der Waals surface area contributed by atoms with Gasteiger partial charge in [-0.1, -0.05) is 18.2 Å². The first-order valence-corrected chi connectivity index (χ1v) is 6.52. The monoisotopic (exact) mass is 293 g/mol. The van der Waals surface area contributed by atoms with Gasteiger partial charge in [0.2, 0.25) is 0 Å². The van der Waals surface area contributed by atoms with Crippen molar-refractivity contribution in [3.05, 3.63) is 46.2 Å². The van der Waals surface area contributed by atoms with Crippen LogP contribution in [0.15, 0.2) is 35.1 Å².